The van der Waals surface area contributed by atoms with Crippen LogP contribution in [0.1, 0.15) is 10.4 Å². The fourth-order valence-corrected chi connectivity index (χ4v) is 2.33. The quantitative estimate of drug-likeness (QED) is 0.390. The fraction of sp³-hybridized carbons (Fsp3) is 0. The second-order valence-electron chi connectivity index (χ2n) is 5.35. The van der Waals surface area contributed by atoms with Crippen molar-refractivity contribution in [1.82, 2.24) is 0 Å². The Balaban J connectivity index is 1.76. The molecule has 0 aliphatic carbocycles. The number of hydrogen-bond donors (Lipinski definition) is 3. The molecule has 0 aromatic heterocycles. The lowest BCUT2D eigenvalue weighted by Gasteiger charge is -2.07. The number of carbonyl (C=O) groups is 1. The summed E-state index contributed by atoms with van der Waals surface area (Å²) in [5.41, 5.74) is 14.4. The maximum absolute atomic E-state index is 12.1. The van der Waals surface area contributed by atoms with Gasteiger partial charge in [-0.2, -0.15) is 0 Å². The van der Waals surface area contributed by atoms with Crippen molar-refractivity contribution in [2.24, 2.45) is 0 Å². The summed E-state index contributed by atoms with van der Waals surface area (Å²) in [6.45, 7) is 0. The van der Waals surface area contributed by atoms with Crippen LogP contribution in [0, 0.1) is 0 Å². The molecule has 0 saturated heterocycles. The van der Waals surface area contributed by atoms with Gasteiger partial charge in [0.05, 0.1) is 5.56 Å². The zero-order chi connectivity index (χ0) is 17.1. The Morgan fingerprint density at radius 3 is 1.83 bits per heavy atom. The van der Waals surface area contributed by atoms with E-state index >= 15 is 0 Å². The summed E-state index contributed by atoms with van der Waals surface area (Å²) >= 11 is 0. The number of anilines is 2. The van der Waals surface area contributed by atoms with E-state index in [1.165, 1.54) is 12.1 Å². The maximum Gasteiger partial charge on any atom is 0.343 e. The predicted octanol–water partition coefficient (Wildman–Crippen LogP) is 3.44. The van der Waals surface area contributed by atoms with Crippen molar-refractivity contribution in [1.29, 1.82) is 0 Å². The number of nitrogen functional groups attached to an aromatic ring is 2. The molecule has 24 heavy (non-hydrogen) atoms. The van der Waals surface area contributed by atoms with Crippen LogP contribution in [0.2, 0.25) is 0 Å². The van der Waals surface area contributed by atoms with E-state index in [9.17, 15) is 9.90 Å². The smallest absolute Gasteiger partial charge is 0.343 e. The summed E-state index contributed by atoms with van der Waals surface area (Å²) < 4.78 is 5.33. The number of rotatable bonds is 3. The lowest BCUT2D eigenvalue weighted by atomic mass is 10.1. The van der Waals surface area contributed by atoms with Gasteiger partial charge >= 0.3 is 5.97 Å². The first kappa shape index (κ1) is 15.4. The molecule has 3 aromatic rings. The Morgan fingerprint density at radius 1 is 0.792 bits per heavy atom. The van der Waals surface area contributed by atoms with Crippen molar-refractivity contribution in [3.05, 3.63) is 72.3 Å². The highest BCUT2D eigenvalue weighted by molar-refractivity contribution is 5.93. The number of benzene rings is 3. The Kier molecular flexibility index (Phi) is 4.07. The van der Waals surface area contributed by atoms with Crippen molar-refractivity contribution >= 4 is 17.3 Å². The van der Waals surface area contributed by atoms with Crippen LogP contribution < -0.4 is 16.2 Å². The normalized spacial score (nSPS) is 10.3. The average molecular weight is 320 g/mol. The Labute approximate surface area is 139 Å². The first-order chi connectivity index (χ1) is 11.5. The molecule has 0 saturated carbocycles. The van der Waals surface area contributed by atoms with Crippen molar-refractivity contribution < 1.29 is 14.6 Å². The second-order valence-corrected chi connectivity index (χ2v) is 5.35. The molecule has 0 aliphatic heterocycles. The zero-order valence-electron chi connectivity index (χ0n) is 12.8. The topological polar surface area (TPSA) is 98.6 Å². The molecule has 5 nitrogen and oxygen atoms in total. The van der Waals surface area contributed by atoms with Crippen LogP contribution in [0.3, 0.4) is 0 Å². The summed E-state index contributed by atoms with van der Waals surface area (Å²) in [6, 6.07) is 18.5. The van der Waals surface area contributed by atoms with Crippen molar-refractivity contribution in [2.45, 2.75) is 0 Å². The molecular formula is C19H16N2O3. The minimum atomic E-state index is -0.522. The van der Waals surface area contributed by atoms with Gasteiger partial charge < -0.3 is 21.3 Å². The van der Waals surface area contributed by atoms with E-state index in [1.807, 2.05) is 24.3 Å². The third-order valence-corrected chi connectivity index (χ3v) is 3.48. The predicted molar refractivity (Wildman–Crippen MR) is 93.8 cm³/mol. The molecule has 3 aromatic carbocycles. The number of nitrogens with two attached hydrogens (primary N) is 2. The molecule has 5 heteroatoms. The summed E-state index contributed by atoms with van der Waals surface area (Å²) in [5, 5.41) is 9.32. The van der Waals surface area contributed by atoms with Gasteiger partial charge in [-0.25, -0.2) is 4.79 Å². The molecule has 0 aliphatic rings. The van der Waals surface area contributed by atoms with E-state index in [0.29, 0.717) is 22.7 Å². The van der Waals surface area contributed by atoms with Crippen molar-refractivity contribution in [3.8, 4) is 22.6 Å². The van der Waals surface area contributed by atoms with E-state index in [1.54, 1.807) is 30.3 Å². The van der Waals surface area contributed by atoms with Gasteiger partial charge in [0.15, 0.2) is 0 Å². The molecule has 120 valence electrons. The number of carbonyl (C=O) groups excluding carboxylic acids is 1. The van der Waals surface area contributed by atoms with E-state index in [0.717, 1.165) is 11.1 Å². The van der Waals surface area contributed by atoms with E-state index < -0.39 is 5.97 Å². The fourth-order valence-electron chi connectivity index (χ4n) is 2.33. The van der Waals surface area contributed by atoms with Crippen LogP contribution in [-0.4, -0.2) is 11.1 Å². The highest BCUT2D eigenvalue weighted by atomic mass is 16.5. The molecule has 0 radical (unpaired) electrons. The van der Waals surface area contributed by atoms with Crippen LogP contribution in [0.15, 0.2) is 66.7 Å². The van der Waals surface area contributed by atoms with Gasteiger partial charge in [0.2, 0.25) is 0 Å². The Morgan fingerprint density at radius 2 is 1.29 bits per heavy atom. The highest BCUT2D eigenvalue weighted by Crippen LogP contribution is 2.25. The summed E-state index contributed by atoms with van der Waals surface area (Å²) in [4.78, 5) is 12.1. The van der Waals surface area contributed by atoms with Crippen LogP contribution in [0.5, 0.6) is 11.5 Å². The van der Waals surface area contributed by atoms with Crippen molar-refractivity contribution in [2.75, 3.05) is 11.5 Å². The largest absolute Gasteiger partial charge is 0.508 e. The number of ether oxygens (including phenoxy) is 1. The van der Waals surface area contributed by atoms with Crippen LogP contribution >= 0.6 is 0 Å². The van der Waals surface area contributed by atoms with Gasteiger partial charge in [-0.15, -0.1) is 0 Å². The first-order valence-electron chi connectivity index (χ1n) is 7.29. The van der Waals surface area contributed by atoms with Crippen LogP contribution in [-0.2, 0) is 0 Å². The van der Waals surface area contributed by atoms with E-state index in [2.05, 4.69) is 0 Å². The standard InChI is InChI=1S/C19H16N2O3/c20-15-9-14(10-16(21)11-15)19(23)24-18-7-3-13(4-8-18)12-1-5-17(22)6-2-12/h1-11,22H,20-21H2. The second kappa shape index (κ2) is 6.34. The molecule has 0 spiro atoms. The minimum Gasteiger partial charge on any atom is -0.508 e. The van der Waals surface area contributed by atoms with Crippen molar-refractivity contribution in [3.63, 3.8) is 0 Å². The van der Waals surface area contributed by atoms with Gasteiger partial charge in [-0.1, -0.05) is 24.3 Å². The third kappa shape index (κ3) is 3.47. The van der Waals surface area contributed by atoms with Gasteiger partial charge in [0, 0.05) is 11.4 Å². The highest BCUT2D eigenvalue weighted by Gasteiger charge is 2.10. The first-order valence-corrected chi connectivity index (χ1v) is 7.29. The van der Waals surface area contributed by atoms with Gasteiger partial charge in [0.25, 0.3) is 0 Å². The number of aromatic hydroxyl groups is 1. The molecular weight excluding hydrogens is 304 g/mol. The third-order valence-electron chi connectivity index (χ3n) is 3.48. The number of phenolic OH excluding ortho intramolecular Hbond substituents is 1. The number of esters is 1. The van der Waals surface area contributed by atoms with E-state index in [-0.39, 0.29) is 5.75 Å². The Bertz CT molecular complexity index is 852. The SMILES string of the molecule is Nc1cc(N)cc(C(=O)Oc2ccc(-c3ccc(O)cc3)cc2)c1. The Hall–Kier alpha value is -3.47. The molecule has 5 N–H and O–H groups in total. The van der Waals surface area contributed by atoms with E-state index in [4.69, 9.17) is 16.2 Å². The lowest BCUT2D eigenvalue weighted by molar-refractivity contribution is 0.0735. The van der Waals surface area contributed by atoms with Crippen LogP contribution in [0.4, 0.5) is 11.4 Å². The molecule has 0 unspecified atom stereocenters. The maximum atomic E-state index is 12.1. The molecule has 0 atom stereocenters. The summed E-state index contributed by atoms with van der Waals surface area (Å²) in [5.74, 6) is 0.112. The molecule has 0 bridgehead atoms. The molecule has 0 heterocycles. The van der Waals surface area contributed by atoms with Crippen LogP contribution in [0.25, 0.3) is 11.1 Å². The number of phenols is 1. The summed E-state index contributed by atoms with van der Waals surface area (Å²) in [6.07, 6.45) is 0. The lowest BCUT2D eigenvalue weighted by Crippen LogP contribution is -2.09. The molecule has 0 amide bonds. The van der Waals surface area contributed by atoms with Gasteiger partial charge in [-0.05, 0) is 53.6 Å². The average Bonchev–Trinajstić information content (AvgIpc) is 2.55. The monoisotopic (exact) mass is 320 g/mol. The summed E-state index contributed by atoms with van der Waals surface area (Å²) in [7, 11) is 0. The molecule has 3 rings (SSSR count). The zero-order valence-corrected chi connectivity index (χ0v) is 12.8. The molecule has 0 fully saturated rings. The van der Waals surface area contributed by atoms with Gasteiger partial charge in [-0.3, -0.25) is 0 Å². The minimum absolute atomic E-state index is 0.214. The van der Waals surface area contributed by atoms with Gasteiger partial charge in [0.1, 0.15) is 11.5 Å². The number of hydrogen-bond acceptors (Lipinski definition) is 5.